The van der Waals surface area contributed by atoms with E-state index in [1.54, 1.807) is 0 Å². The summed E-state index contributed by atoms with van der Waals surface area (Å²) in [7, 11) is 0. The zero-order chi connectivity index (χ0) is 11.4. The van der Waals surface area contributed by atoms with E-state index in [2.05, 4.69) is 24.1 Å². The lowest BCUT2D eigenvalue weighted by Gasteiger charge is -2.33. The van der Waals surface area contributed by atoms with Gasteiger partial charge >= 0.3 is 0 Å². The van der Waals surface area contributed by atoms with Crippen LogP contribution in [0.25, 0.3) is 0 Å². The van der Waals surface area contributed by atoms with Gasteiger partial charge in [-0.25, -0.2) is 0 Å². The maximum absolute atomic E-state index is 3.82. The van der Waals surface area contributed by atoms with Crippen molar-refractivity contribution in [2.75, 3.05) is 26.2 Å². The van der Waals surface area contributed by atoms with E-state index in [1.807, 2.05) is 0 Å². The minimum atomic E-state index is 0.817. The summed E-state index contributed by atoms with van der Waals surface area (Å²) in [4.78, 5) is 2.61. The summed E-state index contributed by atoms with van der Waals surface area (Å²) in [5, 5.41) is 3.82. The molecule has 2 rings (SSSR count). The molecular formula is C14H28N2. The predicted molar refractivity (Wildman–Crippen MR) is 69.6 cm³/mol. The van der Waals surface area contributed by atoms with Gasteiger partial charge in [-0.1, -0.05) is 20.3 Å². The van der Waals surface area contributed by atoms with Gasteiger partial charge < -0.3 is 10.2 Å². The van der Waals surface area contributed by atoms with Crippen molar-refractivity contribution in [2.24, 2.45) is 11.8 Å². The predicted octanol–water partition coefficient (Wildman–Crippen LogP) is 2.50. The van der Waals surface area contributed by atoms with Crippen molar-refractivity contribution in [1.82, 2.24) is 10.2 Å². The lowest BCUT2D eigenvalue weighted by Crippen LogP contribution is -2.42. The minimum Gasteiger partial charge on any atom is -0.313 e. The Balaban J connectivity index is 1.68. The fourth-order valence-electron chi connectivity index (χ4n) is 3.37. The van der Waals surface area contributed by atoms with E-state index in [-0.39, 0.29) is 0 Å². The Bertz CT molecular complexity index is 205. The van der Waals surface area contributed by atoms with E-state index < -0.39 is 0 Å². The van der Waals surface area contributed by atoms with E-state index in [4.69, 9.17) is 0 Å². The van der Waals surface area contributed by atoms with E-state index in [0.717, 1.165) is 17.9 Å². The molecule has 0 bridgehead atoms. The van der Waals surface area contributed by atoms with Gasteiger partial charge in [-0.3, -0.25) is 0 Å². The molecule has 2 nitrogen and oxygen atoms in total. The molecule has 0 aromatic rings. The molecule has 0 aromatic carbocycles. The van der Waals surface area contributed by atoms with Gasteiger partial charge in [-0.2, -0.15) is 0 Å². The summed E-state index contributed by atoms with van der Waals surface area (Å²) in [6, 6.07) is 0.817. The smallest absolute Gasteiger partial charge is 0.00928 e. The van der Waals surface area contributed by atoms with Crippen LogP contribution in [-0.4, -0.2) is 37.1 Å². The number of rotatable bonds is 4. The van der Waals surface area contributed by atoms with Gasteiger partial charge in [0.15, 0.2) is 0 Å². The Kier molecular flexibility index (Phi) is 4.66. The van der Waals surface area contributed by atoms with Crippen LogP contribution in [0.2, 0.25) is 0 Å². The molecule has 2 aliphatic rings. The summed E-state index contributed by atoms with van der Waals surface area (Å²) < 4.78 is 0. The van der Waals surface area contributed by atoms with Crippen LogP contribution in [0.4, 0.5) is 0 Å². The van der Waals surface area contributed by atoms with Crippen molar-refractivity contribution in [2.45, 2.75) is 52.0 Å². The van der Waals surface area contributed by atoms with Crippen molar-refractivity contribution in [1.29, 1.82) is 0 Å². The van der Waals surface area contributed by atoms with Crippen LogP contribution in [0.1, 0.15) is 46.0 Å². The topological polar surface area (TPSA) is 15.3 Å². The maximum Gasteiger partial charge on any atom is 0.00928 e. The molecule has 3 atom stereocenters. The molecule has 0 radical (unpaired) electrons. The van der Waals surface area contributed by atoms with Gasteiger partial charge in [0.25, 0.3) is 0 Å². The Labute approximate surface area is 101 Å². The second-order valence-corrected chi connectivity index (χ2v) is 5.82. The van der Waals surface area contributed by atoms with Crippen LogP contribution in [0.3, 0.4) is 0 Å². The first-order chi connectivity index (χ1) is 7.79. The third kappa shape index (κ3) is 3.21. The SMILES string of the molecule is CCN1CCCC(CNC2CCCC2C)C1. The van der Waals surface area contributed by atoms with Gasteiger partial charge in [0.2, 0.25) is 0 Å². The highest BCUT2D eigenvalue weighted by atomic mass is 15.1. The van der Waals surface area contributed by atoms with E-state index >= 15 is 0 Å². The molecule has 2 fully saturated rings. The molecule has 1 N–H and O–H groups in total. The molecule has 1 saturated carbocycles. The molecule has 0 amide bonds. The molecular weight excluding hydrogens is 196 g/mol. The van der Waals surface area contributed by atoms with Crippen LogP contribution in [0.5, 0.6) is 0 Å². The number of nitrogens with one attached hydrogen (secondary N) is 1. The first kappa shape index (κ1) is 12.4. The zero-order valence-corrected chi connectivity index (χ0v) is 11.0. The Morgan fingerprint density at radius 1 is 1.19 bits per heavy atom. The largest absolute Gasteiger partial charge is 0.313 e. The quantitative estimate of drug-likeness (QED) is 0.789. The average molecular weight is 224 g/mol. The number of likely N-dealkylation sites (tertiary alicyclic amines) is 1. The number of piperidine rings is 1. The molecule has 1 aliphatic heterocycles. The second kappa shape index (κ2) is 6.02. The van der Waals surface area contributed by atoms with Crippen molar-refractivity contribution in [3.05, 3.63) is 0 Å². The highest BCUT2D eigenvalue weighted by Crippen LogP contribution is 2.25. The molecule has 0 spiro atoms. The van der Waals surface area contributed by atoms with Gasteiger partial charge in [0, 0.05) is 12.6 Å². The summed E-state index contributed by atoms with van der Waals surface area (Å²) >= 11 is 0. The molecule has 16 heavy (non-hydrogen) atoms. The van der Waals surface area contributed by atoms with Gasteiger partial charge in [-0.15, -0.1) is 0 Å². The molecule has 0 aromatic heterocycles. The fraction of sp³-hybridized carbons (Fsp3) is 1.00. The van der Waals surface area contributed by atoms with Crippen molar-refractivity contribution in [3.8, 4) is 0 Å². The first-order valence-electron chi connectivity index (χ1n) is 7.25. The average Bonchev–Trinajstić information content (AvgIpc) is 2.72. The maximum atomic E-state index is 3.82. The van der Waals surface area contributed by atoms with Gasteiger partial charge in [0.1, 0.15) is 0 Å². The zero-order valence-electron chi connectivity index (χ0n) is 11.0. The van der Waals surface area contributed by atoms with Crippen molar-refractivity contribution < 1.29 is 0 Å². The number of hydrogen-bond acceptors (Lipinski definition) is 2. The Morgan fingerprint density at radius 3 is 2.75 bits per heavy atom. The monoisotopic (exact) mass is 224 g/mol. The lowest BCUT2D eigenvalue weighted by atomic mass is 9.97. The highest BCUT2D eigenvalue weighted by Gasteiger charge is 2.25. The van der Waals surface area contributed by atoms with E-state index in [0.29, 0.717) is 0 Å². The van der Waals surface area contributed by atoms with Crippen LogP contribution >= 0.6 is 0 Å². The standard InChI is InChI=1S/C14H28N2/c1-3-16-9-5-7-13(11-16)10-15-14-8-4-6-12(14)2/h12-15H,3-11H2,1-2H3. The summed E-state index contributed by atoms with van der Waals surface area (Å²) in [6.45, 7) is 9.83. The summed E-state index contributed by atoms with van der Waals surface area (Å²) in [6.07, 6.45) is 7.12. The molecule has 1 aliphatic carbocycles. The summed E-state index contributed by atoms with van der Waals surface area (Å²) in [5.41, 5.74) is 0. The second-order valence-electron chi connectivity index (χ2n) is 5.82. The number of hydrogen-bond donors (Lipinski definition) is 1. The van der Waals surface area contributed by atoms with E-state index in [1.165, 1.54) is 58.3 Å². The van der Waals surface area contributed by atoms with Gasteiger partial charge in [0.05, 0.1) is 0 Å². The Hall–Kier alpha value is -0.0800. The molecule has 2 heteroatoms. The van der Waals surface area contributed by atoms with E-state index in [9.17, 15) is 0 Å². The Morgan fingerprint density at radius 2 is 2.06 bits per heavy atom. The van der Waals surface area contributed by atoms with Crippen LogP contribution in [0, 0.1) is 11.8 Å². The van der Waals surface area contributed by atoms with Crippen LogP contribution in [-0.2, 0) is 0 Å². The fourth-order valence-corrected chi connectivity index (χ4v) is 3.37. The minimum absolute atomic E-state index is 0.817. The third-order valence-electron chi connectivity index (χ3n) is 4.58. The summed E-state index contributed by atoms with van der Waals surface area (Å²) in [5.74, 6) is 1.81. The highest BCUT2D eigenvalue weighted by molar-refractivity contribution is 4.82. The van der Waals surface area contributed by atoms with Crippen LogP contribution < -0.4 is 5.32 Å². The molecule has 3 unspecified atom stereocenters. The molecule has 94 valence electrons. The van der Waals surface area contributed by atoms with Crippen molar-refractivity contribution in [3.63, 3.8) is 0 Å². The molecule has 1 heterocycles. The van der Waals surface area contributed by atoms with Crippen LogP contribution in [0.15, 0.2) is 0 Å². The first-order valence-corrected chi connectivity index (χ1v) is 7.25. The third-order valence-corrected chi connectivity index (χ3v) is 4.58. The number of nitrogens with zero attached hydrogens (tertiary/aromatic N) is 1. The lowest BCUT2D eigenvalue weighted by molar-refractivity contribution is 0.175. The molecule has 1 saturated heterocycles. The normalized spacial score (nSPS) is 36.8. The van der Waals surface area contributed by atoms with Crippen molar-refractivity contribution >= 4 is 0 Å². The van der Waals surface area contributed by atoms with Gasteiger partial charge in [-0.05, 0) is 57.2 Å².